The fourth-order valence-electron chi connectivity index (χ4n) is 4.64. The topological polar surface area (TPSA) is 76.1 Å². The number of ether oxygens (including phenoxy) is 1. The van der Waals surface area contributed by atoms with Gasteiger partial charge < -0.3 is 23.4 Å². The Morgan fingerprint density at radius 1 is 1.00 bits per heavy atom. The molecule has 1 fully saturated rings. The van der Waals surface area contributed by atoms with Gasteiger partial charge in [-0.3, -0.25) is 9.59 Å². The third-order valence-electron chi connectivity index (χ3n) is 6.71. The predicted molar refractivity (Wildman–Crippen MR) is 142 cm³/mol. The van der Waals surface area contributed by atoms with Gasteiger partial charge >= 0.3 is 0 Å². The number of carbonyl (C=O) groups is 2. The monoisotopic (exact) mass is 498 g/mol. The highest BCUT2D eigenvalue weighted by Gasteiger charge is 2.25. The van der Waals surface area contributed by atoms with Gasteiger partial charge in [-0.25, -0.2) is 0 Å². The number of hydrogen-bond donors (Lipinski definition) is 0. The van der Waals surface area contributed by atoms with Crippen LogP contribution in [0.3, 0.4) is 0 Å². The minimum Gasteiger partial charge on any atom is -0.493 e. The summed E-state index contributed by atoms with van der Waals surface area (Å²) in [5, 5.41) is 0.965. The van der Waals surface area contributed by atoms with E-state index in [2.05, 4.69) is 31.2 Å². The number of nitrogens with zero attached hydrogens (tertiary/aromatic N) is 2. The van der Waals surface area contributed by atoms with E-state index in [0.717, 1.165) is 33.2 Å². The van der Waals surface area contributed by atoms with E-state index in [1.165, 1.54) is 11.8 Å². The molecule has 0 atom stereocenters. The lowest BCUT2D eigenvalue weighted by Crippen LogP contribution is -2.50. The van der Waals surface area contributed by atoms with Crippen molar-refractivity contribution in [2.45, 2.75) is 20.8 Å². The smallest absolute Gasteiger partial charge is 0.289 e. The zero-order valence-electron chi connectivity index (χ0n) is 21.3. The van der Waals surface area contributed by atoms with Crippen LogP contribution in [-0.2, 0) is 4.79 Å². The maximum Gasteiger partial charge on any atom is 0.289 e. The van der Waals surface area contributed by atoms with Crippen molar-refractivity contribution in [3.63, 3.8) is 0 Å². The second-order valence-electron chi connectivity index (χ2n) is 9.22. The van der Waals surface area contributed by atoms with Crippen molar-refractivity contribution in [2.24, 2.45) is 0 Å². The number of piperazine rings is 1. The molecule has 2 aromatic carbocycles. The summed E-state index contributed by atoms with van der Waals surface area (Å²) in [5.74, 6) is 0.757. The lowest BCUT2D eigenvalue weighted by atomic mass is 9.98. The van der Waals surface area contributed by atoms with Crippen LogP contribution in [0.5, 0.6) is 5.75 Å². The van der Waals surface area contributed by atoms with Crippen molar-refractivity contribution >= 4 is 28.4 Å². The number of benzene rings is 2. The zero-order valence-corrected chi connectivity index (χ0v) is 21.3. The molecular formula is C30H30N2O5. The van der Waals surface area contributed by atoms with Crippen LogP contribution in [0.15, 0.2) is 76.0 Å². The molecule has 37 heavy (non-hydrogen) atoms. The van der Waals surface area contributed by atoms with Gasteiger partial charge in [0, 0.05) is 54.8 Å². The largest absolute Gasteiger partial charge is 0.493 e. The number of allylic oxidation sites excluding steroid dienone is 1. The lowest BCUT2D eigenvalue weighted by Gasteiger charge is -2.33. The highest BCUT2D eigenvalue weighted by molar-refractivity contribution is 6.00. The summed E-state index contributed by atoms with van der Waals surface area (Å²) in [6, 6.07) is 15.6. The van der Waals surface area contributed by atoms with Gasteiger partial charge in [0.15, 0.2) is 5.76 Å². The molecule has 0 saturated carbocycles. The SMILES string of the molecule is CCOc1cc2occ(-c3ccc(C)cc3)c2cc1/C(C)=C/C(=O)N1CCN(C(=O)c2ccco2)CC1. The van der Waals surface area contributed by atoms with Crippen LogP contribution >= 0.6 is 0 Å². The molecule has 0 unspecified atom stereocenters. The van der Waals surface area contributed by atoms with Crippen LogP contribution in [0.25, 0.3) is 27.7 Å². The lowest BCUT2D eigenvalue weighted by molar-refractivity contribution is -0.127. The molecule has 7 nitrogen and oxygen atoms in total. The van der Waals surface area contributed by atoms with E-state index >= 15 is 0 Å². The van der Waals surface area contributed by atoms with Gasteiger partial charge in [0.05, 0.1) is 19.1 Å². The number of carbonyl (C=O) groups excluding carboxylic acids is 2. The molecule has 0 bridgehead atoms. The Hall–Kier alpha value is -4.26. The second-order valence-corrected chi connectivity index (χ2v) is 9.22. The number of aryl methyl sites for hydroxylation is 1. The number of furan rings is 2. The van der Waals surface area contributed by atoms with Crippen molar-refractivity contribution in [2.75, 3.05) is 32.8 Å². The standard InChI is InChI=1S/C30H30N2O5/c1-4-35-27-18-28-24(25(19-37-28)22-9-7-20(2)8-10-22)17-23(27)21(3)16-29(33)31-11-13-32(14-12-31)30(34)26-6-5-15-36-26/h5-10,15-19H,4,11-14H2,1-3H3/b21-16+. The first-order chi connectivity index (χ1) is 17.9. The summed E-state index contributed by atoms with van der Waals surface area (Å²) in [6.45, 7) is 8.26. The van der Waals surface area contributed by atoms with Crippen molar-refractivity contribution in [3.05, 3.63) is 84.0 Å². The summed E-state index contributed by atoms with van der Waals surface area (Å²) in [7, 11) is 0. The first-order valence-corrected chi connectivity index (χ1v) is 12.5. The number of amides is 2. The van der Waals surface area contributed by atoms with Crippen LogP contribution in [0, 0.1) is 6.92 Å². The molecule has 5 rings (SSSR count). The number of rotatable bonds is 6. The third-order valence-corrected chi connectivity index (χ3v) is 6.71. The minimum absolute atomic E-state index is 0.0869. The van der Waals surface area contributed by atoms with Crippen molar-refractivity contribution in [1.29, 1.82) is 0 Å². The van der Waals surface area contributed by atoms with E-state index in [4.69, 9.17) is 13.6 Å². The van der Waals surface area contributed by atoms with Crippen LogP contribution in [-0.4, -0.2) is 54.4 Å². The second kappa shape index (κ2) is 10.4. The Morgan fingerprint density at radius 2 is 1.73 bits per heavy atom. The average molecular weight is 499 g/mol. The van der Waals surface area contributed by atoms with Crippen molar-refractivity contribution in [3.8, 4) is 16.9 Å². The Kier molecular flexibility index (Phi) is 6.86. The van der Waals surface area contributed by atoms with Gasteiger partial charge in [0.25, 0.3) is 5.91 Å². The first-order valence-electron chi connectivity index (χ1n) is 12.5. The van der Waals surface area contributed by atoms with Crippen LogP contribution in [0.2, 0.25) is 0 Å². The third kappa shape index (κ3) is 5.03. The fraction of sp³-hybridized carbons (Fsp3) is 0.267. The molecule has 2 amide bonds. The highest BCUT2D eigenvalue weighted by Crippen LogP contribution is 2.37. The molecule has 190 valence electrons. The van der Waals surface area contributed by atoms with Gasteiger partial charge in [-0.15, -0.1) is 0 Å². The quantitative estimate of drug-likeness (QED) is 0.315. The summed E-state index contributed by atoms with van der Waals surface area (Å²) in [4.78, 5) is 29.2. The van der Waals surface area contributed by atoms with Crippen molar-refractivity contribution < 1.29 is 23.2 Å². The number of hydrogen-bond acceptors (Lipinski definition) is 5. The van der Waals surface area contributed by atoms with E-state index in [0.29, 0.717) is 44.3 Å². The average Bonchev–Trinajstić information content (AvgIpc) is 3.59. The predicted octanol–water partition coefficient (Wildman–Crippen LogP) is 5.79. The molecule has 1 saturated heterocycles. The molecule has 0 aliphatic carbocycles. The molecule has 1 aliphatic rings. The van der Waals surface area contributed by atoms with Crippen LogP contribution in [0.1, 0.15) is 35.5 Å². The van der Waals surface area contributed by atoms with Crippen molar-refractivity contribution in [1.82, 2.24) is 9.80 Å². The van der Waals surface area contributed by atoms with Gasteiger partial charge in [-0.1, -0.05) is 29.8 Å². The Labute approximate surface area is 215 Å². The Bertz CT molecular complexity index is 1440. The summed E-state index contributed by atoms with van der Waals surface area (Å²) < 4.78 is 17.0. The molecule has 0 spiro atoms. The van der Waals surface area contributed by atoms with E-state index < -0.39 is 0 Å². The Morgan fingerprint density at radius 3 is 2.41 bits per heavy atom. The normalized spacial score (nSPS) is 14.3. The fourth-order valence-corrected chi connectivity index (χ4v) is 4.64. The molecule has 0 radical (unpaired) electrons. The summed E-state index contributed by atoms with van der Waals surface area (Å²) >= 11 is 0. The molecule has 0 N–H and O–H groups in total. The minimum atomic E-state index is -0.150. The maximum absolute atomic E-state index is 13.2. The molecule has 1 aliphatic heterocycles. The highest BCUT2D eigenvalue weighted by atomic mass is 16.5. The van der Waals surface area contributed by atoms with Gasteiger partial charge in [-0.2, -0.15) is 0 Å². The summed E-state index contributed by atoms with van der Waals surface area (Å²) in [6.07, 6.45) is 4.91. The van der Waals surface area contributed by atoms with E-state index in [-0.39, 0.29) is 11.8 Å². The molecule has 4 aromatic rings. The van der Waals surface area contributed by atoms with Gasteiger partial charge in [-0.05, 0) is 50.1 Å². The van der Waals surface area contributed by atoms with Crippen LogP contribution in [0.4, 0.5) is 0 Å². The first kappa shape index (κ1) is 24.4. The zero-order chi connectivity index (χ0) is 25.9. The van der Waals surface area contributed by atoms with E-state index in [1.54, 1.807) is 34.3 Å². The van der Waals surface area contributed by atoms with Crippen LogP contribution < -0.4 is 4.74 Å². The van der Waals surface area contributed by atoms with Gasteiger partial charge in [0.1, 0.15) is 11.3 Å². The molecule has 7 heteroatoms. The Balaban J connectivity index is 1.38. The van der Waals surface area contributed by atoms with E-state index in [1.807, 2.05) is 26.0 Å². The molecule has 3 heterocycles. The maximum atomic E-state index is 13.2. The number of fused-ring (bicyclic) bond motifs is 1. The molecule has 2 aromatic heterocycles. The summed E-state index contributed by atoms with van der Waals surface area (Å²) in [5.41, 5.74) is 5.65. The van der Waals surface area contributed by atoms with Gasteiger partial charge in [0.2, 0.25) is 5.91 Å². The van der Waals surface area contributed by atoms with E-state index in [9.17, 15) is 9.59 Å². The molecular weight excluding hydrogens is 468 g/mol.